The van der Waals surface area contributed by atoms with E-state index >= 15 is 0 Å². The molecule has 3 N–H and O–H groups in total. The van der Waals surface area contributed by atoms with Crippen molar-refractivity contribution >= 4 is 21.1 Å². The van der Waals surface area contributed by atoms with Gasteiger partial charge in [-0.2, -0.15) is 0 Å². The quantitative estimate of drug-likeness (QED) is 0.644. The Balaban J connectivity index is 1.74. The molecule has 2 heterocycles. The third-order valence-corrected chi connectivity index (χ3v) is 5.94. The molecule has 8 heteroatoms. The highest BCUT2D eigenvalue weighted by atomic mass is 32.2. The van der Waals surface area contributed by atoms with Crippen LogP contribution >= 0.6 is 0 Å². The molecule has 0 aliphatic rings. The van der Waals surface area contributed by atoms with Gasteiger partial charge in [-0.1, -0.05) is 50.2 Å². The van der Waals surface area contributed by atoms with Crippen LogP contribution in [0.1, 0.15) is 49.6 Å². The van der Waals surface area contributed by atoms with Crippen molar-refractivity contribution in [2.45, 2.75) is 44.0 Å². The summed E-state index contributed by atoms with van der Waals surface area (Å²) in [6, 6.07) is 9.00. The molecule has 0 fully saturated rings. The van der Waals surface area contributed by atoms with E-state index in [1.54, 1.807) is 0 Å². The lowest BCUT2D eigenvalue weighted by Crippen LogP contribution is -2.32. The van der Waals surface area contributed by atoms with Gasteiger partial charge >= 0.3 is 0 Å². The van der Waals surface area contributed by atoms with Gasteiger partial charge in [-0.25, -0.2) is 18.1 Å². The lowest BCUT2D eigenvalue weighted by Gasteiger charge is -2.15. The first-order valence-electron chi connectivity index (χ1n) is 8.91. The fourth-order valence-electron chi connectivity index (χ4n) is 2.79. The molecular weight excluding hydrogens is 364 g/mol. The number of nitrogens with zero attached hydrogens (tertiary/aromatic N) is 2. The number of aryl methyl sites for hydroxylation is 1. The Morgan fingerprint density at radius 2 is 1.85 bits per heavy atom. The van der Waals surface area contributed by atoms with Crippen LogP contribution in [-0.2, 0) is 16.4 Å². The van der Waals surface area contributed by atoms with Crippen LogP contribution in [0.5, 0.6) is 0 Å². The van der Waals surface area contributed by atoms with E-state index < -0.39 is 16.1 Å². The smallest absolute Gasteiger partial charge is 0.258 e. The summed E-state index contributed by atoms with van der Waals surface area (Å²) in [6.45, 7) is 6.24. The number of fused-ring (bicyclic) bond motifs is 1. The van der Waals surface area contributed by atoms with Gasteiger partial charge in [0.05, 0.1) is 17.3 Å². The molecule has 0 saturated carbocycles. The molecule has 144 valence electrons. The largest absolute Gasteiger partial charge is 0.336 e. The standard InChI is InChI=1S/C19H24N4O3S/c1-4-18-16-9-15(10-21-19(16)26-23-18)27(24,25)22-11-17(20)14-7-5-13(6-8-14)12(2)3/h5-10,12,17,22H,4,11,20H2,1-3H3. The van der Waals surface area contributed by atoms with Crippen LogP contribution in [0, 0.1) is 0 Å². The van der Waals surface area contributed by atoms with Crippen molar-refractivity contribution in [3.63, 3.8) is 0 Å². The molecule has 0 bridgehead atoms. The van der Waals surface area contributed by atoms with Gasteiger partial charge in [-0.05, 0) is 29.5 Å². The number of hydrogen-bond donors (Lipinski definition) is 2. The number of pyridine rings is 1. The zero-order valence-corrected chi connectivity index (χ0v) is 16.5. The van der Waals surface area contributed by atoms with Crippen LogP contribution in [-0.4, -0.2) is 25.1 Å². The Bertz CT molecular complexity index is 1030. The molecule has 0 saturated heterocycles. The fraction of sp³-hybridized carbons (Fsp3) is 0.368. The summed E-state index contributed by atoms with van der Waals surface area (Å²) in [5, 5.41) is 4.50. The van der Waals surface area contributed by atoms with Crippen LogP contribution < -0.4 is 10.5 Å². The minimum absolute atomic E-state index is 0.0651. The molecule has 27 heavy (non-hydrogen) atoms. The van der Waals surface area contributed by atoms with Crippen molar-refractivity contribution in [1.29, 1.82) is 0 Å². The molecule has 1 aromatic carbocycles. The molecule has 1 atom stereocenters. The average Bonchev–Trinajstić information content (AvgIpc) is 3.08. The number of rotatable bonds is 7. The maximum atomic E-state index is 12.6. The molecule has 3 rings (SSSR count). The highest BCUT2D eigenvalue weighted by Gasteiger charge is 2.19. The lowest BCUT2D eigenvalue weighted by molar-refractivity contribution is 0.439. The third-order valence-electron chi connectivity index (χ3n) is 4.55. The fourth-order valence-corrected chi connectivity index (χ4v) is 3.82. The molecule has 0 aliphatic heterocycles. The third kappa shape index (κ3) is 4.18. The maximum Gasteiger partial charge on any atom is 0.258 e. The lowest BCUT2D eigenvalue weighted by atomic mass is 9.99. The SMILES string of the molecule is CCc1noc2ncc(S(=O)(=O)NCC(N)c3ccc(C(C)C)cc3)cc12. The van der Waals surface area contributed by atoms with E-state index in [2.05, 4.69) is 28.7 Å². The molecule has 3 aromatic rings. The number of aromatic nitrogens is 2. The second kappa shape index (κ2) is 7.75. The van der Waals surface area contributed by atoms with Crippen LogP contribution in [0.15, 0.2) is 45.9 Å². The van der Waals surface area contributed by atoms with Crippen molar-refractivity contribution in [2.24, 2.45) is 5.73 Å². The molecule has 0 spiro atoms. The highest BCUT2D eigenvalue weighted by Crippen LogP contribution is 2.21. The van der Waals surface area contributed by atoms with E-state index in [0.717, 1.165) is 5.56 Å². The zero-order valence-electron chi connectivity index (χ0n) is 15.6. The predicted octanol–water partition coefficient (Wildman–Crippen LogP) is 2.89. The summed E-state index contributed by atoms with van der Waals surface area (Å²) in [4.78, 5) is 4.11. The van der Waals surface area contributed by atoms with Crippen molar-refractivity contribution in [3.05, 3.63) is 53.3 Å². The first-order chi connectivity index (χ1) is 12.8. The minimum atomic E-state index is -3.74. The Hall–Kier alpha value is -2.29. The molecule has 0 amide bonds. The summed E-state index contributed by atoms with van der Waals surface area (Å²) in [5.74, 6) is 0.432. The summed E-state index contributed by atoms with van der Waals surface area (Å²) in [7, 11) is -3.74. The zero-order chi connectivity index (χ0) is 19.6. The molecule has 7 nitrogen and oxygen atoms in total. The topological polar surface area (TPSA) is 111 Å². The van der Waals surface area contributed by atoms with Gasteiger partial charge < -0.3 is 10.3 Å². The first-order valence-corrected chi connectivity index (χ1v) is 10.4. The Morgan fingerprint density at radius 1 is 1.19 bits per heavy atom. The van der Waals surface area contributed by atoms with Crippen LogP contribution in [0.2, 0.25) is 0 Å². The molecule has 0 radical (unpaired) electrons. The van der Waals surface area contributed by atoms with E-state index in [-0.39, 0.29) is 11.4 Å². The molecular formula is C19H24N4O3S. The van der Waals surface area contributed by atoms with Gasteiger partial charge in [0, 0.05) is 12.6 Å². The first kappa shape index (κ1) is 19.5. The van der Waals surface area contributed by atoms with Gasteiger partial charge in [0.1, 0.15) is 4.90 Å². The number of sulfonamides is 1. The van der Waals surface area contributed by atoms with Gasteiger partial charge in [0.25, 0.3) is 5.71 Å². The number of hydrogen-bond acceptors (Lipinski definition) is 6. The van der Waals surface area contributed by atoms with Crippen molar-refractivity contribution in [1.82, 2.24) is 14.9 Å². The van der Waals surface area contributed by atoms with Crippen molar-refractivity contribution in [2.75, 3.05) is 6.54 Å². The van der Waals surface area contributed by atoms with Gasteiger partial charge in [0.15, 0.2) is 0 Å². The number of nitrogens with one attached hydrogen (secondary N) is 1. The van der Waals surface area contributed by atoms with Crippen LogP contribution in [0.4, 0.5) is 0 Å². The predicted molar refractivity (Wildman–Crippen MR) is 104 cm³/mol. The maximum absolute atomic E-state index is 12.6. The molecule has 2 aromatic heterocycles. The van der Waals surface area contributed by atoms with Gasteiger partial charge in [-0.3, -0.25) is 0 Å². The summed E-state index contributed by atoms with van der Waals surface area (Å²) < 4.78 is 32.9. The van der Waals surface area contributed by atoms with E-state index in [4.69, 9.17) is 10.3 Å². The second-order valence-corrected chi connectivity index (χ2v) is 8.55. The van der Waals surface area contributed by atoms with E-state index in [1.807, 2.05) is 31.2 Å². The van der Waals surface area contributed by atoms with E-state index in [1.165, 1.54) is 17.8 Å². The van der Waals surface area contributed by atoms with Crippen molar-refractivity contribution in [3.8, 4) is 0 Å². The van der Waals surface area contributed by atoms with Gasteiger partial charge in [0.2, 0.25) is 10.0 Å². The molecule has 1 unspecified atom stereocenters. The van der Waals surface area contributed by atoms with Crippen LogP contribution in [0.3, 0.4) is 0 Å². The van der Waals surface area contributed by atoms with Crippen molar-refractivity contribution < 1.29 is 12.9 Å². The Labute approximate surface area is 159 Å². The summed E-state index contributed by atoms with van der Waals surface area (Å²) in [5.41, 5.74) is 9.25. The highest BCUT2D eigenvalue weighted by molar-refractivity contribution is 7.89. The average molecular weight is 388 g/mol. The Morgan fingerprint density at radius 3 is 2.48 bits per heavy atom. The Kier molecular flexibility index (Phi) is 5.59. The number of benzene rings is 1. The van der Waals surface area contributed by atoms with Gasteiger partial charge in [-0.15, -0.1) is 0 Å². The number of nitrogens with two attached hydrogens (primary N) is 1. The van der Waals surface area contributed by atoms with E-state index in [0.29, 0.717) is 29.1 Å². The molecule has 0 aliphatic carbocycles. The second-order valence-electron chi connectivity index (χ2n) is 6.79. The summed E-state index contributed by atoms with van der Waals surface area (Å²) >= 11 is 0. The normalized spacial score (nSPS) is 13.4. The minimum Gasteiger partial charge on any atom is -0.336 e. The monoisotopic (exact) mass is 388 g/mol. The van der Waals surface area contributed by atoms with Crippen LogP contribution in [0.25, 0.3) is 11.1 Å². The summed E-state index contributed by atoms with van der Waals surface area (Å²) in [6.07, 6.45) is 1.89. The van der Waals surface area contributed by atoms with E-state index in [9.17, 15) is 8.42 Å².